The lowest BCUT2D eigenvalue weighted by molar-refractivity contribution is -0.143. The lowest BCUT2D eigenvalue weighted by Gasteiger charge is -2.29. The van der Waals surface area contributed by atoms with Gasteiger partial charge >= 0.3 is 5.97 Å². The van der Waals surface area contributed by atoms with Crippen molar-refractivity contribution in [3.05, 3.63) is 113 Å². The van der Waals surface area contributed by atoms with E-state index in [1.807, 2.05) is 67.5 Å². The summed E-state index contributed by atoms with van der Waals surface area (Å²) in [5.41, 5.74) is 3.22. The highest BCUT2D eigenvalue weighted by atomic mass is 127. The Hall–Kier alpha value is -4.09. The highest BCUT2D eigenvalue weighted by Gasteiger charge is 2.36. The molecule has 10 nitrogen and oxygen atoms in total. The Morgan fingerprint density at radius 1 is 1.09 bits per heavy atom. The van der Waals surface area contributed by atoms with E-state index in [1.165, 1.54) is 38.1 Å². The van der Waals surface area contributed by atoms with Crippen molar-refractivity contribution >= 4 is 58.0 Å². The first-order valence-electron chi connectivity index (χ1n) is 18.0. The Bertz CT molecular complexity index is 2430. The first-order chi connectivity index (χ1) is 26.3. The SMILES string of the molecule is CCOC(=O)CCc1cccc(C2(C)CCCS(=O)C(C)(C)c3cnn(c3)Cc3c(c(F)cc4c3ccn4SI)Oc3ccc(F)c(c3)-c3nc2nn3C)c1. The van der Waals surface area contributed by atoms with Crippen LogP contribution in [0.5, 0.6) is 11.5 Å². The molecule has 3 aromatic heterocycles. The first-order valence-corrected chi connectivity index (χ1v) is 22.6. The molecular weight excluding hydrogens is 858 g/mol. The molecule has 0 radical (unpaired) electrons. The van der Waals surface area contributed by atoms with Gasteiger partial charge < -0.3 is 9.47 Å². The van der Waals surface area contributed by atoms with Gasteiger partial charge in [0.05, 0.1) is 40.6 Å². The lowest BCUT2D eigenvalue weighted by atomic mass is 9.77. The summed E-state index contributed by atoms with van der Waals surface area (Å²) in [6.07, 6.45) is 7.28. The quantitative estimate of drug-likeness (QED) is 0.121. The maximum Gasteiger partial charge on any atom is 0.306 e. The summed E-state index contributed by atoms with van der Waals surface area (Å²) in [5, 5.41) is 10.3. The Morgan fingerprint density at radius 2 is 1.91 bits per heavy atom. The van der Waals surface area contributed by atoms with E-state index in [0.717, 1.165) is 22.1 Å². The topological polar surface area (TPSA) is 106 Å². The number of benzene rings is 3. The van der Waals surface area contributed by atoms with Crippen molar-refractivity contribution in [3.63, 3.8) is 0 Å². The molecule has 288 valence electrons. The zero-order chi connectivity index (χ0) is 39.1. The summed E-state index contributed by atoms with van der Waals surface area (Å²) in [7, 11) is 1.80. The molecule has 3 aromatic carbocycles. The summed E-state index contributed by atoms with van der Waals surface area (Å²) in [6.45, 7) is 8.20. The van der Waals surface area contributed by atoms with E-state index in [2.05, 4.69) is 26.3 Å². The van der Waals surface area contributed by atoms with Crippen molar-refractivity contribution in [2.24, 2.45) is 7.05 Å². The van der Waals surface area contributed by atoms with E-state index < -0.39 is 32.6 Å². The van der Waals surface area contributed by atoms with Crippen LogP contribution >= 0.6 is 30.3 Å². The molecule has 0 saturated carbocycles. The van der Waals surface area contributed by atoms with Crippen LogP contribution in [0.25, 0.3) is 22.3 Å². The number of hydrogen-bond donors (Lipinski definition) is 0. The predicted molar refractivity (Wildman–Crippen MR) is 220 cm³/mol. The zero-order valence-electron chi connectivity index (χ0n) is 31.1. The number of esters is 1. The van der Waals surface area contributed by atoms with Crippen LogP contribution in [0.1, 0.15) is 75.0 Å². The second-order valence-electron chi connectivity index (χ2n) is 14.4. The van der Waals surface area contributed by atoms with E-state index in [0.29, 0.717) is 48.5 Å². The average molecular weight is 899 g/mol. The number of carbonyl (C=O) groups is 1. The molecule has 1 aliphatic rings. The van der Waals surface area contributed by atoms with E-state index >= 15 is 8.78 Å². The Kier molecular flexibility index (Phi) is 11.3. The van der Waals surface area contributed by atoms with Crippen molar-refractivity contribution in [2.45, 2.75) is 70.1 Å². The minimum atomic E-state index is -1.32. The molecule has 6 bridgehead atoms. The van der Waals surface area contributed by atoms with Gasteiger partial charge in [-0.2, -0.15) is 10.2 Å². The summed E-state index contributed by atoms with van der Waals surface area (Å²) < 4.78 is 62.0. The molecule has 4 heterocycles. The molecule has 2 unspecified atom stereocenters. The normalized spacial score (nSPS) is 18.5. The van der Waals surface area contributed by atoms with E-state index in [1.54, 1.807) is 24.9 Å². The smallest absolute Gasteiger partial charge is 0.306 e. The van der Waals surface area contributed by atoms with Crippen molar-refractivity contribution < 1.29 is 27.3 Å². The van der Waals surface area contributed by atoms with Gasteiger partial charge in [0.15, 0.2) is 23.2 Å². The summed E-state index contributed by atoms with van der Waals surface area (Å²) in [4.78, 5) is 17.2. The molecule has 0 N–H and O–H groups in total. The van der Waals surface area contributed by atoms with Gasteiger partial charge in [-0.05, 0) is 82.3 Å². The fraction of sp³-hybridized carbons (Fsp3) is 0.350. The molecule has 0 fully saturated rings. The number of rotatable bonds is 6. The summed E-state index contributed by atoms with van der Waals surface area (Å²) >= 11 is 2.15. The average Bonchev–Trinajstić information content (AvgIpc) is 3.91. The van der Waals surface area contributed by atoms with Crippen molar-refractivity contribution in [1.29, 1.82) is 0 Å². The Morgan fingerprint density at radius 3 is 2.69 bits per heavy atom. The number of hydrogen-bond acceptors (Lipinski definition) is 8. The third kappa shape index (κ3) is 7.71. The predicted octanol–water partition coefficient (Wildman–Crippen LogP) is 9.18. The van der Waals surface area contributed by atoms with Gasteiger partial charge in [-0.15, -0.1) is 0 Å². The molecule has 0 spiro atoms. The largest absolute Gasteiger partial charge is 0.466 e. The van der Waals surface area contributed by atoms with Gasteiger partial charge in [0.1, 0.15) is 11.6 Å². The van der Waals surface area contributed by atoms with Crippen molar-refractivity contribution in [1.82, 2.24) is 28.5 Å². The molecule has 15 heteroatoms. The highest BCUT2D eigenvalue weighted by Crippen LogP contribution is 2.41. The second kappa shape index (κ2) is 15.8. The highest BCUT2D eigenvalue weighted by molar-refractivity contribution is 14.2. The molecule has 55 heavy (non-hydrogen) atoms. The van der Waals surface area contributed by atoms with Gasteiger partial charge in [-0.1, -0.05) is 24.3 Å². The van der Waals surface area contributed by atoms with Crippen LogP contribution in [-0.4, -0.2) is 51.1 Å². The van der Waals surface area contributed by atoms with Crippen LogP contribution < -0.4 is 4.74 Å². The molecule has 0 saturated heterocycles. The summed E-state index contributed by atoms with van der Waals surface area (Å²) in [6, 6.07) is 15.6. The Balaban J connectivity index is 1.37. The van der Waals surface area contributed by atoms with Gasteiger partial charge in [0.2, 0.25) is 0 Å². The van der Waals surface area contributed by atoms with E-state index in [4.69, 9.17) is 19.6 Å². The third-order valence-electron chi connectivity index (χ3n) is 10.4. The van der Waals surface area contributed by atoms with Gasteiger partial charge in [-0.25, -0.2) is 18.4 Å². The van der Waals surface area contributed by atoms with E-state index in [-0.39, 0.29) is 41.8 Å². The minimum absolute atomic E-state index is 0.00635. The molecule has 6 aromatic rings. The fourth-order valence-electron chi connectivity index (χ4n) is 7.11. The van der Waals surface area contributed by atoms with Crippen LogP contribution in [0, 0.1) is 11.6 Å². The fourth-order valence-corrected chi connectivity index (χ4v) is 9.76. The third-order valence-corrected chi connectivity index (χ3v) is 14.2. The zero-order valence-corrected chi connectivity index (χ0v) is 34.9. The number of carbonyl (C=O) groups excluding carboxylic acids is 1. The summed E-state index contributed by atoms with van der Waals surface area (Å²) in [5.74, 6) is -0.0721. The van der Waals surface area contributed by atoms with Crippen LogP contribution in [0.15, 0.2) is 73.2 Å². The van der Waals surface area contributed by atoms with Crippen LogP contribution in [-0.2, 0) is 50.5 Å². The Labute approximate surface area is 337 Å². The van der Waals surface area contributed by atoms with Crippen LogP contribution in [0.4, 0.5) is 8.78 Å². The monoisotopic (exact) mass is 898 g/mol. The van der Waals surface area contributed by atoms with Crippen molar-refractivity contribution in [3.8, 4) is 22.9 Å². The van der Waals surface area contributed by atoms with Crippen LogP contribution in [0.3, 0.4) is 0 Å². The van der Waals surface area contributed by atoms with Gasteiger partial charge in [-0.3, -0.25) is 17.7 Å². The molecule has 0 aliphatic carbocycles. The van der Waals surface area contributed by atoms with E-state index in [9.17, 15) is 9.00 Å². The number of nitrogens with zero attached hydrogens (tertiary/aromatic N) is 6. The number of ether oxygens (including phenoxy) is 2. The van der Waals surface area contributed by atoms with Crippen LogP contribution in [0.2, 0.25) is 0 Å². The number of halogens is 3. The number of fused-ring (bicyclic) bond motifs is 10. The molecule has 2 atom stereocenters. The molecule has 7 rings (SSSR count). The maximum atomic E-state index is 16.2. The van der Waals surface area contributed by atoms with Gasteiger partial charge in [0.25, 0.3) is 0 Å². The first kappa shape index (κ1) is 39.2. The maximum absolute atomic E-state index is 16.2. The minimum Gasteiger partial charge on any atom is -0.466 e. The molecular formula is C40H41F2IN6O4S2. The van der Waals surface area contributed by atoms with Crippen molar-refractivity contribution in [2.75, 3.05) is 12.4 Å². The lowest BCUT2D eigenvalue weighted by Crippen LogP contribution is -2.29. The molecule has 0 amide bonds. The molecule has 1 aliphatic heterocycles. The van der Waals surface area contributed by atoms with Gasteiger partial charge in [0, 0.05) is 95.3 Å². The number of aryl methyl sites for hydroxylation is 2. The standard InChI is InChI=1S/C40H41F2IN6O4S2/c1-6-52-35(50)14-11-25-9-7-10-26(19-25)40(4)16-8-18-55(51)39(2,3)27-22-44-48(23-27)24-31-29-15-17-49(54-43)34(29)21-33(42)36(31)53-28-12-13-32(41)30(20-28)37-45-38(40)46-47(37)5/h7,9-10,12-13,15,17,19-23H,6,8,11,14,16,18,24H2,1-5H3. The number of aromatic nitrogens is 6. The second-order valence-corrected chi connectivity index (χ2v) is 18.2.